The molecule has 0 spiro atoms. The lowest BCUT2D eigenvalue weighted by molar-refractivity contribution is -0.120. The van der Waals surface area contributed by atoms with Crippen molar-refractivity contribution < 1.29 is 4.79 Å². The summed E-state index contributed by atoms with van der Waals surface area (Å²) in [7, 11) is 0. The molecule has 0 aromatic heterocycles. The number of halogens is 2. The molecule has 18 heavy (non-hydrogen) atoms. The normalized spacial score (nSPS) is 19.1. The van der Waals surface area contributed by atoms with Crippen molar-refractivity contribution >= 4 is 29.0 Å². The summed E-state index contributed by atoms with van der Waals surface area (Å²) in [6, 6.07) is 5.61. The maximum Gasteiger partial charge on any atom is 0.149 e. The Balaban J connectivity index is 1.79. The second kappa shape index (κ2) is 6.55. The van der Waals surface area contributed by atoms with Crippen LogP contribution in [0, 0.1) is 0 Å². The number of benzene rings is 1. The Labute approximate surface area is 118 Å². The molecule has 1 saturated heterocycles. The first-order chi connectivity index (χ1) is 8.66. The SMILES string of the molecule is O=C(CCCc1ccc(Cl)cc1Cl)[C@@H]1CCCN1. The van der Waals surface area contributed by atoms with Crippen molar-refractivity contribution in [3.63, 3.8) is 0 Å². The smallest absolute Gasteiger partial charge is 0.149 e. The third kappa shape index (κ3) is 3.71. The van der Waals surface area contributed by atoms with Gasteiger partial charge in [0.2, 0.25) is 0 Å². The summed E-state index contributed by atoms with van der Waals surface area (Å²) in [5.41, 5.74) is 1.06. The zero-order valence-corrected chi connectivity index (χ0v) is 11.7. The average molecular weight is 286 g/mol. The van der Waals surface area contributed by atoms with Gasteiger partial charge in [-0.15, -0.1) is 0 Å². The van der Waals surface area contributed by atoms with Crippen LogP contribution in [0.15, 0.2) is 18.2 Å². The lowest BCUT2D eigenvalue weighted by atomic mass is 10.0. The number of ketones is 1. The molecule has 2 nitrogen and oxygen atoms in total. The van der Waals surface area contributed by atoms with Crippen LogP contribution in [0.5, 0.6) is 0 Å². The Morgan fingerprint density at radius 1 is 1.39 bits per heavy atom. The van der Waals surface area contributed by atoms with Gasteiger partial charge >= 0.3 is 0 Å². The number of nitrogens with one attached hydrogen (secondary N) is 1. The lowest BCUT2D eigenvalue weighted by Crippen LogP contribution is -2.30. The Morgan fingerprint density at radius 3 is 2.89 bits per heavy atom. The van der Waals surface area contributed by atoms with Crippen LogP contribution in [0.4, 0.5) is 0 Å². The van der Waals surface area contributed by atoms with Crippen LogP contribution in [0.3, 0.4) is 0 Å². The molecule has 1 fully saturated rings. The van der Waals surface area contributed by atoms with Gasteiger partial charge in [0.1, 0.15) is 5.78 Å². The van der Waals surface area contributed by atoms with E-state index in [0.717, 1.165) is 37.8 Å². The van der Waals surface area contributed by atoms with Crippen molar-refractivity contribution in [3.8, 4) is 0 Å². The molecule has 1 aromatic rings. The Bertz CT molecular complexity index is 428. The van der Waals surface area contributed by atoms with Gasteiger partial charge in [-0.25, -0.2) is 0 Å². The highest BCUT2D eigenvalue weighted by atomic mass is 35.5. The molecule has 1 aliphatic heterocycles. The fourth-order valence-corrected chi connectivity index (χ4v) is 2.81. The highest BCUT2D eigenvalue weighted by molar-refractivity contribution is 6.35. The van der Waals surface area contributed by atoms with Gasteiger partial charge in [0.05, 0.1) is 6.04 Å². The molecule has 1 atom stereocenters. The standard InChI is InChI=1S/C14H17Cl2NO/c15-11-7-6-10(12(16)9-11)3-1-5-14(18)13-4-2-8-17-13/h6-7,9,13,17H,1-5,8H2/t13-/m0/s1. The second-order valence-electron chi connectivity index (χ2n) is 4.70. The lowest BCUT2D eigenvalue weighted by Gasteiger charge is -2.09. The van der Waals surface area contributed by atoms with Gasteiger partial charge in [-0.05, 0) is 49.9 Å². The quantitative estimate of drug-likeness (QED) is 0.895. The van der Waals surface area contributed by atoms with E-state index < -0.39 is 0 Å². The molecule has 0 amide bonds. The van der Waals surface area contributed by atoms with Gasteiger partial charge in [0.15, 0.2) is 0 Å². The van der Waals surface area contributed by atoms with E-state index in [4.69, 9.17) is 23.2 Å². The number of carbonyl (C=O) groups excluding carboxylic acids is 1. The van der Waals surface area contributed by atoms with E-state index in [1.54, 1.807) is 6.07 Å². The fourth-order valence-electron chi connectivity index (χ4n) is 2.31. The molecular weight excluding hydrogens is 269 g/mol. The van der Waals surface area contributed by atoms with Crippen molar-refractivity contribution in [3.05, 3.63) is 33.8 Å². The van der Waals surface area contributed by atoms with E-state index in [9.17, 15) is 4.79 Å². The Kier molecular flexibility index (Phi) is 5.04. The van der Waals surface area contributed by atoms with E-state index in [-0.39, 0.29) is 6.04 Å². The fraction of sp³-hybridized carbons (Fsp3) is 0.500. The van der Waals surface area contributed by atoms with Gasteiger partial charge < -0.3 is 5.32 Å². The van der Waals surface area contributed by atoms with Crippen molar-refractivity contribution in [1.82, 2.24) is 5.32 Å². The van der Waals surface area contributed by atoms with E-state index in [0.29, 0.717) is 22.2 Å². The molecule has 0 bridgehead atoms. The van der Waals surface area contributed by atoms with Crippen LogP contribution < -0.4 is 5.32 Å². The van der Waals surface area contributed by atoms with Gasteiger partial charge in [-0.2, -0.15) is 0 Å². The minimum absolute atomic E-state index is 0.0886. The van der Waals surface area contributed by atoms with E-state index in [2.05, 4.69) is 5.32 Å². The molecule has 0 aliphatic carbocycles. The van der Waals surface area contributed by atoms with Crippen molar-refractivity contribution in [2.75, 3.05) is 6.54 Å². The van der Waals surface area contributed by atoms with E-state index >= 15 is 0 Å². The maximum atomic E-state index is 11.9. The van der Waals surface area contributed by atoms with Crippen molar-refractivity contribution in [2.45, 2.75) is 38.1 Å². The Morgan fingerprint density at radius 2 is 2.22 bits per heavy atom. The molecular formula is C14H17Cl2NO. The molecule has 98 valence electrons. The number of rotatable bonds is 5. The van der Waals surface area contributed by atoms with Gasteiger partial charge in [-0.1, -0.05) is 29.3 Å². The molecule has 1 aromatic carbocycles. The molecule has 1 heterocycles. The molecule has 2 rings (SSSR count). The summed E-state index contributed by atoms with van der Waals surface area (Å²) in [6.07, 6.45) is 4.39. The summed E-state index contributed by atoms with van der Waals surface area (Å²) >= 11 is 11.9. The largest absolute Gasteiger partial charge is 0.307 e. The highest BCUT2D eigenvalue weighted by Crippen LogP contribution is 2.22. The number of hydrogen-bond acceptors (Lipinski definition) is 2. The van der Waals surface area contributed by atoms with E-state index in [1.807, 2.05) is 12.1 Å². The minimum Gasteiger partial charge on any atom is -0.307 e. The summed E-state index contributed by atoms with van der Waals surface area (Å²) in [5, 5.41) is 4.57. The summed E-state index contributed by atoms with van der Waals surface area (Å²) in [6.45, 7) is 0.972. The van der Waals surface area contributed by atoms with Crippen LogP contribution in [-0.4, -0.2) is 18.4 Å². The maximum absolute atomic E-state index is 11.9. The van der Waals surface area contributed by atoms with Crippen molar-refractivity contribution in [2.24, 2.45) is 0 Å². The monoisotopic (exact) mass is 285 g/mol. The number of hydrogen-bond donors (Lipinski definition) is 1. The third-order valence-electron chi connectivity index (χ3n) is 3.33. The van der Waals surface area contributed by atoms with Crippen molar-refractivity contribution in [1.29, 1.82) is 0 Å². The predicted octanol–water partition coefficient (Wildman–Crippen LogP) is 3.64. The second-order valence-corrected chi connectivity index (χ2v) is 5.55. The molecule has 0 saturated carbocycles. The molecule has 0 unspecified atom stereocenters. The van der Waals surface area contributed by atoms with Gasteiger partial charge in [-0.3, -0.25) is 4.79 Å². The molecule has 0 radical (unpaired) electrons. The first kappa shape index (κ1) is 13.9. The molecule has 4 heteroatoms. The summed E-state index contributed by atoms with van der Waals surface area (Å²) in [4.78, 5) is 11.9. The number of carbonyl (C=O) groups is 1. The summed E-state index contributed by atoms with van der Waals surface area (Å²) < 4.78 is 0. The van der Waals surface area contributed by atoms with Crippen LogP contribution >= 0.6 is 23.2 Å². The first-order valence-electron chi connectivity index (χ1n) is 6.37. The molecule has 1 N–H and O–H groups in total. The zero-order chi connectivity index (χ0) is 13.0. The topological polar surface area (TPSA) is 29.1 Å². The van der Waals surface area contributed by atoms with Crippen LogP contribution in [-0.2, 0) is 11.2 Å². The number of Topliss-reactive ketones (excluding diaryl/α,β-unsaturated/α-hetero) is 1. The van der Waals surface area contributed by atoms with Gasteiger partial charge in [0.25, 0.3) is 0 Å². The number of aryl methyl sites for hydroxylation is 1. The highest BCUT2D eigenvalue weighted by Gasteiger charge is 2.21. The molecule has 1 aliphatic rings. The van der Waals surface area contributed by atoms with E-state index in [1.165, 1.54) is 0 Å². The average Bonchev–Trinajstić information content (AvgIpc) is 2.85. The van der Waals surface area contributed by atoms with Gasteiger partial charge in [0, 0.05) is 16.5 Å². The van der Waals surface area contributed by atoms with Crippen LogP contribution in [0.1, 0.15) is 31.2 Å². The predicted molar refractivity (Wildman–Crippen MR) is 75.4 cm³/mol. The third-order valence-corrected chi connectivity index (χ3v) is 3.92. The van der Waals surface area contributed by atoms with Crippen LogP contribution in [0.2, 0.25) is 10.0 Å². The first-order valence-corrected chi connectivity index (χ1v) is 7.12. The minimum atomic E-state index is 0.0886. The summed E-state index contributed by atoms with van der Waals surface area (Å²) in [5.74, 6) is 0.331. The van der Waals surface area contributed by atoms with Crippen LogP contribution in [0.25, 0.3) is 0 Å². The zero-order valence-electron chi connectivity index (χ0n) is 10.2. The Hall–Kier alpha value is -0.570.